The van der Waals surface area contributed by atoms with Gasteiger partial charge in [-0.3, -0.25) is 4.79 Å². The van der Waals surface area contributed by atoms with E-state index in [0.29, 0.717) is 50.8 Å². The summed E-state index contributed by atoms with van der Waals surface area (Å²) in [6, 6.07) is 15.3. The number of fused-ring (bicyclic) bond motifs is 2. The number of rotatable bonds is 8. The van der Waals surface area contributed by atoms with Crippen molar-refractivity contribution in [1.29, 1.82) is 5.26 Å². The first-order chi connectivity index (χ1) is 21.4. The van der Waals surface area contributed by atoms with Crippen LogP contribution in [0.1, 0.15) is 37.4 Å². The predicted molar refractivity (Wildman–Crippen MR) is 174 cm³/mol. The molecule has 1 saturated heterocycles. The van der Waals surface area contributed by atoms with E-state index in [2.05, 4.69) is 59.1 Å². The van der Waals surface area contributed by atoms with Crippen LogP contribution in [0.5, 0.6) is 6.01 Å². The van der Waals surface area contributed by atoms with Crippen LogP contribution >= 0.6 is 11.6 Å². The van der Waals surface area contributed by atoms with Gasteiger partial charge in [0.2, 0.25) is 5.91 Å². The molecule has 0 unspecified atom stereocenters. The number of aromatic nitrogens is 2. The molecule has 0 spiro atoms. The minimum Gasteiger partial charge on any atom is -0.463 e. The first kappa shape index (κ1) is 30.2. The molecule has 0 bridgehead atoms. The summed E-state index contributed by atoms with van der Waals surface area (Å²) in [5.41, 5.74) is 3.15. The quantitative estimate of drug-likeness (QED) is 0.325. The molecule has 2 aliphatic heterocycles. The van der Waals surface area contributed by atoms with E-state index in [9.17, 15) is 10.1 Å². The summed E-state index contributed by atoms with van der Waals surface area (Å²) in [5, 5.41) is 12.5. The lowest BCUT2D eigenvalue weighted by Gasteiger charge is -2.42. The molecule has 6 rings (SSSR count). The van der Waals surface area contributed by atoms with Gasteiger partial charge in [-0.25, -0.2) is 0 Å². The Morgan fingerprint density at radius 1 is 1.14 bits per heavy atom. The van der Waals surface area contributed by atoms with Gasteiger partial charge in [-0.2, -0.15) is 15.2 Å². The molecule has 230 valence electrons. The zero-order valence-corrected chi connectivity index (χ0v) is 26.5. The highest BCUT2D eigenvalue weighted by molar-refractivity contribution is 6.36. The fraction of sp³-hybridized carbons (Fsp3) is 0.471. The monoisotopic (exact) mass is 613 g/mol. The highest BCUT2D eigenvalue weighted by Gasteiger charge is 2.35. The molecule has 9 nitrogen and oxygen atoms in total. The average Bonchev–Trinajstić information content (AvgIpc) is 2.99. The molecule has 44 heavy (non-hydrogen) atoms. The molecule has 3 aliphatic rings. The average molecular weight is 614 g/mol. The Balaban J connectivity index is 1.33. The number of carbonyl (C=O) groups excluding carboxylic acids is 1. The number of nitriles is 1. The Labute approximate surface area is 264 Å². The van der Waals surface area contributed by atoms with E-state index in [-0.39, 0.29) is 18.4 Å². The van der Waals surface area contributed by atoms with Gasteiger partial charge in [-0.15, -0.1) is 0 Å². The van der Waals surface area contributed by atoms with Gasteiger partial charge in [-0.05, 0) is 63.9 Å². The first-order valence-electron chi connectivity index (χ1n) is 15.5. The van der Waals surface area contributed by atoms with Crippen molar-refractivity contribution in [3.63, 3.8) is 0 Å². The van der Waals surface area contributed by atoms with Crippen LogP contribution in [0.2, 0.25) is 5.02 Å². The van der Waals surface area contributed by atoms with E-state index in [1.54, 1.807) is 12.2 Å². The highest BCUT2D eigenvalue weighted by Crippen LogP contribution is 2.38. The van der Waals surface area contributed by atoms with Crippen molar-refractivity contribution in [2.75, 3.05) is 56.7 Å². The molecular formula is C34H40ClN7O2. The smallest absolute Gasteiger partial charge is 0.318 e. The zero-order chi connectivity index (χ0) is 30.8. The maximum absolute atomic E-state index is 12.8. The minimum absolute atomic E-state index is 0.0542. The number of allylic oxidation sites excluding steroid dienone is 1. The van der Waals surface area contributed by atoms with Crippen LogP contribution in [0.3, 0.4) is 0 Å². The maximum atomic E-state index is 12.8. The number of carbonyl (C=O) groups is 1. The van der Waals surface area contributed by atoms with Gasteiger partial charge >= 0.3 is 6.01 Å². The van der Waals surface area contributed by atoms with E-state index >= 15 is 0 Å². The number of piperazine rings is 1. The van der Waals surface area contributed by atoms with Gasteiger partial charge in [0.25, 0.3) is 0 Å². The normalized spacial score (nSPS) is 21.8. The number of amides is 1. The third-order valence-electron chi connectivity index (χ3n) is 9.36. The first-order valence-corrected chi connectivity index (χ1v) is 15.9. The van der Waals surface area contributed by atoms with Crippen LogP contribution in [0.4, 0.5) is 11.5 Å². The number of hydrogen-bond acceptors (Lipinski definition) is 8. The van der Waals surface area contributed by atoms with Gasteiger partial charge in [0.1, 0.15) is 5.82 Å². The Hall–Kier alpha value is -3.87. The topological polar surface area (TPSA) is 88.8 Å². The zero-order valence-electron chi connectivity index (χ0n) is 25.7. The van der Waals surface area contributed by atoms with Crippen LogP contribution in [0.25, 0.3) is 10.8 Å². The fourth-order valence-electron chi connectivity index (χ4n) is 6.92. The molecule has 2 fully saturated rings. The molecule has 1 aromatic heterocycles. The second-order valence-electron chi connectivity index (χ2n) is 12.2. The Bertz CT molecular complexity index is 1600. The molecule has 2 aromatic carbocycles. The van der Waals surface area contributed by atoms with Gasteiger partial charge in [0.05, 0.1) is 42.4 Å². The van der Waals surface area contributed by atoms with Gasteiger partial charge in [-0.1, -0.05) is 41.9 Å². The van der Waals surface area contributed by atoms with Crippen LogP contribution < -0.4 is 14.5 Å². The summed E-state index contributed by atoms with van der Waals surface area (Å²) in [6.07, 6.45) is 6.66. The van der Waals surface area contributed by atoms with Crippen molar-refractivity contribution in [2.24, 2.45) is 5.92 Å². The summed E-state index contributed by atoms with van der Waals surface area (Å²) in [4.78, 5) is 31.5. The number of ether oxygens (including phenoxy) is 1. The van der Waals surface area contributed by atoms with Gasteiger partial charge in [0.15, 0.2) is 0 Å². The number of hydrogen-bond donors (Lipinski definition) is 0. The van der Waals surface area contributed by atoms with Crippen molar-refractivity contribution in [1.82, 2.24) is 19.8 Å². The summed E-state index contributed by atoms with van der Waals surface area (Å²) in [5.74, 6) is 1.25. The molecule has 1 aliphatic carbocycles. The van der Waals surface area contributed by atoms with Crippen LogP contribution in [-0.2, 0) is 17.8 Å². The second kappa shape index (κ2) is 13.0. The summed E-state index contributed by atoms with van der Waals surface area (Å²) in [6.45, 7) is 5.50. The molecule has 10 heteroatoms. The molecular weight excluding hydrogens is 574 g/mol. The maximum Gasteiger partial charge on any atom is 0.318 e. The standard InChI is InChI=1S/C34H40ClN7O2/c1-4-7-31(43)42-19-18-41(20-25(42)14-16-36)33-26-15-17-40(30-11-6-9-23-8-5-10-27(35)32(23)30)21-28(26)37-34(38-33)44-22-24-12-13-29(24)39(2)3/h4-11,24-25,29H,12-15,17-22H2,1-3H3/b7-4+/t24-,25+,29+/m1/s1. The lowest BCUT2D eigenvalue weighted by atomic mass is 9.79. The second-order valence-corrected chi connectivity index (χ2v) is 12.6. The predicted octanol–water partition coefficient (Wildman–Crippen LogP) is 5.07. The molecule has 1 amide bonds. The minimum atomic E-state index is -0.221. The van der Waals surface area contributed by atoms with Gasteiger partial charge < -0.3 is 24.3 Å². The third-order valence-corrected chi connectivity index (χ3v) is 9.68. The number of nitrogens with zero attached hydrogens (tertiary/aromatic N) is 7. The van der Waals surface area contributed by atoms with Gasteiger partial charge in [0, 0.05) is 54.8 Å². The molecule has 3 heterocycles. The molecule has 0 radical (unpaired) electrons. The third kappa shape index (κ3) is 5.93. The van der Waals surface area contributed by atoms with Crippen molar-refractivity contribution < 1.29 is 9.53 Å². The van der Waals surface area contributed by atoms with E-state index in [0.717, 1.165) is 57.9 Å². The summed E-state index contributed by atoms with van der Waals surface area (Å²) < 4.78 is 6.34. The molecule has 3 aromatic rings. The van der Waals surface area contributed by atoms with Crippen LogP contribution in [-0.4, -0.2) is 84.6 Å². The van der Waals surface area contributed by atoms with Crippen molar-refractivity contribution in [3.8, 4) is 12.1 Å². The van der Waals surface area contributed by atoms with E-state index in [4.69, 9.17) is 26.3 Å². The summed E-state index contributed by atoms with van der Waals surface area (Å²) in [7, 11) is 4.24. The molecule has 1 saturated carbocycles. The Morgan fingerprint density at radius 3 is 2.68 bits per heavy atom. The Kier molecular flexibility index (Phi) is 8.92. The van der Waals surface area contributed by atoms with Crippen LogP contribution in [0.15, 0.2) is 48.6 Å². The van der Waals surface area contributed by atoms with E-state index in [1.165, 1.54) is 6.42 Å². The van der Waals surface area contributed by atoms with E-state index in [1.807, 2.05) is 24.0 Å². The van der Waals surface area contributed by atoms with Crippen molar-refractivity contribution in [3.05, 3.63) is 64.8 Å². The number of benzene rings is 2. The summed E-state index contributed by atoms with van der Waals surface area (Å²) >= 11 is 6.71. The largest absolute Gasteiger partial charge is 0.463 e. The SMILES string of the molecule is C/C=C/C(=O)N1CCN(c2nc(OC[C@H]3CC[C@@H]3N(C)C)nc3c2CCN(c2cccc4cccc(Cl)c24)C3)C[C@@H]1CC#N. The molecule has 0 N–H and O–H groups in total. The lowest BCUT2D eigenvalue weighted by Crippen LogP contribution is -2.55. The van der Waals surface area contributed by atoms with Crippen molar-refractivity contribution in [2.45, 2.75) is 51.2 Å². The fourth-order valence-corrected chi connectivity index (χ4v) is 7.20. The van der Waals surface area contributed by atoms with E-state index < -0.39 is 0 Å². The lowest BCUT2D eigenvalue weighted by molar-refractivity contribution is -0.128. The van der Waals surface area contributed by atoms with Crippen molar-refractivity contribution >= 4 is 39.8 Å². The number of anilines is 2. The van der Waals surface area contributed by atoms with Crippen LogP contribution in [0, 0.1) is 17.2 Å². The Morgan fingerprint density at radius 2 is 1.95 bits per heavy atom. The molecule has 3 atom stereocenters. The highest BCUT2D eigenvalue weighted by atomic mass is 35.5. The number of halogens is 1.